The minimum absolute atomic E-state index is 0.0300. The summed E-state index contributed by atoms with van der Waals surface area (Å²) in [5, 5.41) is 11.2. The van der Waals surface area contributed by atoms with Gasteiger partial charge in [-0.05, 0) is 66.4 Å². The lowest BCUT2D eigenvalue weighted by molar-refractivity contribution is -0.140. The predicted molar refractivity (Wildman–Crippen MR) is 134 cm³/mol. The zero-order chi connectivity index (χ0) is 25.7. The largest absolute Gasteiger partial charge is 0.507 e. The molecular formula is C29H28FNO5. The number of rotatable bonds is 9. The molecule has 1 amide bonds. The van der Waals surface area contributed by atoms with Crippen molar-refractivity contribution in [3.63, 3.8) is 0 Å². The van der Waals surface area contributed by atoms with Crippen LogP contribution in [0.15, 0.2) is 78.4 Å². The molecule has 0 spiro atoms. The van der Waals surface area contributed by atoms with Crippen LogP contribution in [0.3, 0.4) is 0 Å². The standard InChI is InChI=1S/C29H28FNO5/c1-19-6-3-4-7-22(19)18-36-24-14-10-21(11-15-24)27(32)25-26(20-8-12-23(30)13-9-20)31(16-5-17-35-2)29(34)28(25)33/h3-4,6-15,26,32H,5,16-18H2,1-2H3/b27-25+. The maximum absolute atomic E-state index is 13.6. The van der Waals surface area contributed by atoms with Crippen LogP contribution in [0.1, 0.15) is 34.7 Å². The van der Waals surface area contributed by atoms with Crippen LogP contribution in [-0.2, 0) is 20.9 Å². The lowest BCUT2D eigenvalue weighted by atomic mass is 9.95. The quantitative estimate of drug-likeness (QED) is 0.194. The highest BCUT2D eigenvalue weighted by atomic mass is 19.1. The number of hydrogen-bond acceptors (Lipinski definition) is 5. The first-order chi connectivity index (χ1) is 17.4. The summed E-state index contributed by atoms with van der Waals surface area (Å²) < 4.78 is 24.5. The molecule has 36 heavy (non-hydrogen) atoms. The molecule has 1 atom stereocenters. The van der Waals surface area contributed by atoms with Gasteiger partial charge >= 0.3 is 0 Å². The van der Waals surface area contributed by atoms with E-state index in [1.165, 1.54) is 29.2 Å². The minimum atomic E-state index is -0.834. The van der Waals surface area contributed by atoms with Crippen LogP contribution in [-0.4, -0.2) is 42.0 Å². The average Bonchev–Trinajstić information content (AvgIpc) is 3.14. The summed E-state index contributed by atoms with van der Waals surface area (Å²) >= 11 is 0. The van der Waals surface area contributed by atoms with E-state index in [0.29, 0.717) is 36.5 Å². The van der Waals surface area contributed by atoms with Gasteiger partial charge in [0.2, 0.25) is 0 Å². The summed E-state index contributed by atoms with van der Waals surface area (Å²) in [6, 6.07) is 19.4. The third-order valence-corrected chi connectivity index (χ3v) is 6.26. The number of carbonyl (C=O) groups excluding carboxylic acids is 2. The first kappa shape index (κ1) is 25.1. The fourth-order valence-electron chi connectivity index (χ4n) is 4.28. The summed E-state index contributed by atoms with van der Waals surface area (Å²) in [7, 11) is 1.56. The van der Waals surface area contributed by atoms with Crippen LogP contribution in [0.2, 0.25) is 0 Å². The molecule has 1 aliphatic rings. The van der Waals surface area contributed by atoms with E-state index in [9.17, 15) is 19.1 Å². The molecule has 0 bridgehead atoms. The molecule has 1 heterocycles. The second-order valence-electron chi connectivity index (χ2n) is 8.63. The molecule has 1 aliphatic heterocycles. The number of halogens is 1. The Bertz CT molecular complexity index is 1270. The molecule has 3 aromatic carbocycles. The average molecular weight is 490 g/mol. The van der Waals surface area contributed by atoms with E-state index in [0.717, 1.165) is 11.1 Å². The lowest BCUT2D eigenvalue weighted by Crippen LogP contribution is -2.31. The maximum Gasteiger partial charge on any atom is 0.295 e. The van der Waals surface area contributed by atoms with Crippen LogP contribution < -0.4 is 4.74 Å². The number of amides is 1. The van der Waals surface area contributed by atoms with Gasteiger partial charge in [-0.15, -0.1) is 0 Å². The monoisotopic (exact) mass is 489 g/mol. The number of ether oxygens (including phenoxy) is 2. The Balaban J connectivity index is 1.63. The number of ketones is 1. The van der Waals surface area contributed by atoms with E-state index in [1.807, 2.05) is 31.2 Å². The molecule has 3 aromatic rings. The number of likely N-dealkylation sites (tertiary alicyclic amines) is 1. The first-order valence-electron chi connectivity index (χ1n) is 11.7. The molecule has 186 valence electrons. The highest BCUT2D eigenvalue weighted by Gasteiger charge is 2.45. The molecule has 1 fully saturated rings. The van der Waals surface area contributed by atoms with Crippen molar-refractivity contribution in [3.05, 3.63) is 106 Å². The first-order valence-corrected chi connectivity index (χ1v) is 11.7. The van der Waals surface area contributed by atoms with Crippen LogP contribution in [0.4, 0.5) is 4.39 Å². The fraction of sp³-hybridized carbons (Fsp3) is 0.241. The highest BCUT2D eigenvalue weighted by Crippen LogP contribution is 2.39. The molecule has 0 aromatic heterocycles. The van der Waals surface area contributed by atoms with Gasteiger partial charge in [0.25, 0.3) is 11.7 Å². The Morgan fingerprint density at radius 1 is 1.00 bits per heavy atom. The van der Waals surface area contributed by atoms with E-state index in [-0.39, 0.29) is 17.9 Å². The van der Waals surface area contributed by atoms with Gasteiger partial charge in [0, 0.05) is 25.8 Å². The number of nitrogens with zero attached hydrogens (tertiary/aromatic N) is 1. The van der Waals surface area contributed by atoms with E-state index < -0.39 is 23.5 Å². The van der Waals surface area contributed by atoms with E-state index in [1.54, 1.807) is 31.4 Å². The molecule has 7 heteroatoms. The maximum atomic E-state index is 13.6. The second kappa shape index (κ2) is 11.2. The van der Waals surface area contributed by atoms with Crippen molar-refractivity contribution in [3.8, 4) is 5.75 Å². The molecule has 1 saturated heterocycles. The molecule has 1 N–H and O–H groups in total. The normalized spacial score (nSPS) is 17.0. The zero-order valence-corrected chi connectivity index (χ0v) is 20.2. The van der Waals surface area contributed by atoms with Crippen LogP contribution in [0.25, 0.3) is 5.76 Å². The molecule has 0 aliphatic carbocycles. The molecule has 0 saturated carbocycles. The van der Waals surface area contributed by atoms with Gasteiger partial charge in [0.1, 0.15) is 23.9 Å². The lowest BCUT2D eigenvalue weighted by Gasteiger charge is -2.25. The van der Waals surface area contributed by atoms with Crippen molar-refractivity contribution < 1.29 is 28.6 Å². The van der Waals surface area contributed by atoms with Gasteiger partial charge in [0.15, 0.2) is 0 Å². The fourth-order valence-corrected chi connectivity index (χ4v) is 4.28. The van der Waals surface area contributed by atoms with Crippen molar-refractivity contribution in [2.75, 3.05) is 20.3 Å². The van der Waals surface area contributed by atoms with Gasteiger partial charge in [-0.3, -0.25) is 9.59 Å². The number of hydrogen-bond donors (Lipinski definition) is 1. The topological polar surface area (TPSA) is 76.1 Å². The van der Waals surface area contributed by atoms with E-state index in [4.69, 9.17) is 9.47 Å². The number of benzene rings is 3. The summed E-state index contributed by atoms with van der Waals surface area (Å²) in [4.78, 5) is 27.3. The highest BCUT2D eigenvalue weighted by molar-refractivity contribution is 6.46. The van der Waals surface area contributed by atoms with Crippen LogP contribution >= 0.6 is 0 Å². The third kappa shape index (κ3) is 5.31. The molecular weight excluding hydrogens is 461 g/mol. The summed E-state index contributed by atoms with van der Waals surface area (Å²) in [5.41, 5.74) is 3.07. The number of aliphatic hydroxyl groups excluding tert-OH is 1. The Morgan fingerprint density at radius 3 is 2.36 bits per heavy atom. The number of aryl methyl sites for hydroxylation is 1. The van der Waals surface area contributed by atoms with Gasteiger partial charge in [0.05, 0.1) is 11.6 Å². The van der Waals surface area contributed by atoms with E-state index in [2.05, 4.69) is 0 Å². The number of aliphatic hydroxyl groups is 1. The van der Waals surface area contributed by atoms with Crippen molar-refractivity contribution in [1.29, 1.82) is 0 Å². The summed E-state index contributed by atoms with van der Waals surface area (Å²) in [6.45, 7) is 3.07. The smallest absolute Gasteiger partial charge is 0.295 e. The molecule has 0 radical (unpaired) electrons. The second-order valence-corrected chi connectivity index (χ2v) is 8.63. The molecule has 6 nitrogen and oxygen atoms in total. The summed E-state index contributed by atoms with van der Waals surface area (Å²) in [5.74, 6) is -1.61. The van der Waals surface area contributed by atoms with Crippen LogP contribution in [0, 0.1) is 12.7 Å². The van der Waals surface area contributed by atoms with Gasteiger partial charge in [-0.25, -0.2) is 4.39 Å². The Hall–Kier alpha value is -3.97. The Kier molecular flexibility index (Phi) is 7.80. The van der Waals surface area contributed by atoms with Gasteiger partial charge in [-0.2, -0.15) is 0 Å². The van der Waals surface area contributed by atoms with E-state index >= 15 is 0 Å². The van der Waals surface area contributed by atoms with Gasteiger partial charge in [-0.1, -0.05) is 36.4 Å². The molecule has 4 rings (SSSR count). The number of Topliss-reactive ketones (excluding diaryl/α,β-unsaturated/α-hetero) is 1. The zero-order valence-electron chi connectivity index (χ0n) is 20.2. The van der Waals surface area contributed by atoms with Crippen molar-refractivity contribution in [2.24, 2.45) is 0 Å². The number of methoxy groups -OCH3 is 1. The SMILES string of the molecule is COCCCN1C(=O)C(=O)/C(=C(/O)c2ccc(OCc3ccccc3C)cc2)C1c1ccc(F)cc1. The van der Waals surface area contributed by atoms with Crippen molar-refractivity contribution in [1.82, 2.24) is 4.90 Å². The van der Waals surface area contributed by atoms with Crippen molar-refractivity contribution in [2.45, 2.75) is 26.0 Å². The Morgan fingerprint density at radius 2 is 1.69 bits per heavy atom. The number of carbonyl (C=O) groups is 2. The third-order valence-electron chi connectivity index (χ3n) is 6.26. The summed E-state index contributed by atoms with van der Waals surface area (Å²) in [6.07, 6.45) is 0.508. The van der Waals surface area contributed by atoms with Gasteiger partial charge < -0.3 is 19.5 Å². The van der Waals surface area contributed by atoms with Crippen LogP contribution in [0.5, 0.6) is 5.75 Å². The predicted octanol–water partition coefficient (Wildman–Crippen LogP) is 5.17. The molecule has 1 unspecified atom stereocenters. The Labute approximate surface area is 209 Å². The minimum Gasteiger partial charge on any atom is -0.507 e. The van der Waals surface area contributed by atoms with Crippen molar-refractivity contribution >= 4 is 17.4 Å².